The summed E-state index contributed by atoms with van der Waals surface area (Å²) < 4.78 is 1.66. The Bertz CT molecular complexity index is 514. The minimum absolute atomic E-state index is 0.0403. The molecule has 0 saturated carbocycles. The molecule has 0 bridgehead atoms. The van der Waals surface area contributed by atoms with Crippen LogP contribution in [-0.2, 0) is 0 Å². The van der Waals surface area contributed by atoms with Crippen LogP contribution in [0, 0.1) is 0 Å². The molecule has 0 aromatic carbocycles. The Hall–Kier alpha value is -1.71. The number of pyridine rings is 1. The summed E-state index contributed by atoms with van der Waals surface area (Å²) in [6.45, 7) is 5.63. The van der Waals surface area contributed by atoms with Gasteiger partial charge in [0.1, 0.15) is 0 Å². The summed E-state index contributed by atoms with van der Waals surface area (Å²) in [5, 5.41) is 4.31. The Morgan fingerprint density at radius 1 is 1.40 bits per heavy atom. The van der Waals surface area contributed by atoms with Crippen molar-refractivity contribution in [3.8, 4) is 0 Å². The molecule has 0 fully saturated rings. The van der Waals surface area contributed by atoms with E-state index < -0.39 is 0 Å². The van der Waals surface area contributed by atoms with Crippen molar-refractivity contribution in [1.82, 2.24) is 14.6 Å². The molecule has 0 N–H and O–H groups in total. The maximum Gasteiger partial charge on any atom is 0.161 e. The molecular weight excluding hydrogens is 190 g/mol. The lowest BCUT2D eigenvalue weighted by Crippen LogP contribution is -1.96. The third-order valence-corrected chi connectivity index (χ3v) is 2.27. The number of ketones is 1. The molecule has 0 unspecified atom stereocenters. The molecule has 2 rings (SSSR count). The van der Waals surface area contributed by atoms with Crippen LogP contribution in [0.4, 0.5) is 0 Å². The van der Waals surface area contributed by atoms with E-state index >= 15 is 0 Å². The molecule has 0 spiro atoms. The fourth-order valence-corrected chi connectivity index (χ4v) is 1.35. The average Bonchev–Trinajstić information content (AvgIpc) is 2.59. The largest absolute Gasteiger partial charge is 0.294 e. The van der Waals surface area contributed by atoms with Gasteiger partial charge in [-0.15, -0.1) is 0 Å². The summed E-state index contributed by atoms with van der Waals surface area (Å²) in [4.78, 5) is 15.5. The van der Waals surface area contributed by atoms with Gasteiger partial charge in [0.05, 0.1) is 0 Å². The van der Waals surface area contributed by atoms with E-state index in [4.69, 9.17) is 0 Å². The molecule has 2 heterocycles. The summed E-state index contributed by atoms with van der Waals surface area (Å²) >= 11 is 0. The Morgan fingerprint density at radius 2 is 2.13 bits per heavy atom. The Morgan fingerprint density at radius 3 is 2.73 bits per heavy atom. The smallest absolute Gasteiger partial charge is 0.161 e. The Balaban J connectivity index is 2.57. The van der Waals surface area contributed by atoms with Gasteiger partial charge in [-0.25, -0.2) is 9.50 Å². The lowest BCUT2D eigenvalue weighted by molar-refractivity contribution is 0.101. The fraction of sp³-hybridized carbons (Fsp3) is 0.364. The molecule has 0 amide bonds. The normalized spacial score (nSPS) is 11.2. The molecule has 0 aliphatic heterocycles. The van der Waals surface area contributed by atoms with E-state index in [2.05, 4.69) is 10.1 Å². The van der Waals surface area contributed by atoms with Gasteiger partial charge >= 0.3 is 0 Å². The molecule has 0 aliphatic carbocycles. The maximum absolute atomic E-state index is 11.2. The summed E-state index contributed by atoms with van der Waals surface area (Å²) in [5.74, 6) is 1.14. The van der Waals surface area contributed by atoms with E-state index in [1.54, 1.807) is 23.7 Å². The molecule has 2 aromatic heterocycles. The molecule has 4 nitrogen and oxygen atoms in total. The molecule has 0 atom stereocenters. The van der Waals surface area contributed by atoms with Gasteiger partial charge in [0, 0.05) is 17.7 Å². The molecule has 0 radical (unpaired) electrons. The van der Waals surface area contributed by atoms with Crippen LogP contribution in [0.25, 0.3) is 5.65 Å². The van der Waals surface area contributed by atoms with E-state index in [9.17, 15) is 4.79 Å². The van der Waals surface area contributed by atoms with E-state index in [0.717, 1.165) is 11.5 Å². The van der Waals surface area contributed by atoms with Crippen molar-refractivity contribution >= 4 is 11.4 Å². The lowest BCUT2D eigenvalue weighted by Gasteiger charge is -1.95. The highest BCUT2D eigenvalue weighted by Crippen LogP contribution is 2.11. The van der Waals surface area contributed by atoms with Crippen molar-refractivity contribution < 1.29 is 4.79 Å². The summed E-state index contributed by atoms with van der Waals surface area (Å²) in [7, 11) is 0. The zero-order chi connectivity index (χ0) is 11.0. The predicted octanol–water partition coefficient (Wildman–Crippen LogP) is 2.06. The highest BCUT2D eigenvalue weighted by molar-refractivity contribution is 5.93. The minimum Gasteiger partial charge on any atom is -0.294 e. The molecule has 15 heavy (non-hydrogen) atoms. The minimum atomic E-state index is 0.0403. The van der Waals surface area contributed by atoms with Gasteiger partial charge < -0.3 is 0 Å². The fourth-order valence-electron chi connectivity index (χ4n) is 1.35. The number of carbonyl (C=O) groups excluding carboxylic acids is 1. The van der Waals surface area contributed by atoms with Crippen LogP contribution in [0.1, 0.15) is 42.9 Å². The van der Waals surface area contributed by atoms with Crippen LogP contribution >= 0.6 is 0 Å². The number of aromatic nitrogens is 3. The first-order valence-electron chi connectivity index (χ1n) is 4.95. The quantitative estimate of drug-likeness (QED) is 0.702. The van der Waals surface area contributed by atoms with Crippen molar-refractivity contribution in [3.05, 3.63) is 29.7 Å². The van der Waals surface area contributed by atoms with Crippen molar-refractivity contribution in [2.24, 2.45) is 0 Å². The van der Waals surface area contributed by atoms with Gasteiger partial charge in [-0.1, -0.05) is 13.8 Å². The number of carbonyl (C=O) groups is 1. The van der Waals surface area contributed by atoms with Gasteiger partial charge in [-0.3, -0.25) is 4.79 Å². The second kappa shape index (κ2) is 3.46. The van der Waals surface area contributed by atoms with E-state index in [-0.39, 0.29) is 5.78 Å². The first-order chi connectivity index (χ1) is 7.08. The van der Waals surface area contributed by atoms with Crippen molar-refractivity contribution in [2.45, 2.75) is 26.7 Å². The molecule has 0 saturated heterocycles. The third-order valence-electron chi connectivity index (χ3n) is 2.27. The molecule has 4 heteroatoms. The standard InChI is InChI=1S/C11H13N3O/c1-7(2)11-12-10-5-4-9(8(3)15)6-14(10)13-11/h4-7H,1-3H3. The number of hydrogen-bond donors (Lipinski definition) is 0. The zero-order valence-corrected chi connectivity index (χ0v) is 9.06. The highest BCUT2D eigenvalue weighted by atomic mass is 16.1. The summed E-state index contributed by atoms with van der Waals surface area (Å²) in [5.41, 5.74) is 1.44. The first-order valence-corrected chi connectivity index (χ1v) is 4.95. The van der Waals surface area contributed by atoms with Crippen LogP contribution < -0.4 is 0 Å². The monoisotopic (exact) mass is 203 g/mol. The third kappa shape index (κ3) is 1.75. The molecule has 2 aromatic rings. The first kappa shape index (κ1) is 9.83. The molecule has 78 valence electrons. The predicted molar refractivity (Wildman–Crippen MR) is 57.1 cm³/mol. The number of fused-ring (bicyclic) bond motifs is 1. The molecular formula is C11H13N3O. The van der Waals surface area contributed by atoms with Gasteiger partial charge in [-0.05, 0) is 19.1 Å². The lowest BCUT2D eigenvalue weighted by atomic mass is 10.2. The number of nitrogens with zero attached hydrogens (tertiary/aromatic N) is 3. The number of hydrogen-bond acceptors (Lipinski definition) is 3. The topological polar surface area (TPSA) is 47.3 Å². The van der Waals surface area contributed by atoms with E-state index in [0.29, 0.717) is 11.5 Å². The average molecular weight is 203 g/mol. The maximum atomic E-state index is 11.2. The van der Waals surface area contributed by atoms with Gasteiger partial charge in [0.2, 0.25) is 0 Å². The Labute approximate surface area is 87.9 Å². The Kier molecular flexibility index (Phi) is 2.26. The summed E-state index contributed by atoms with van der Waals surface area (Å²) in [6, 6.07) is 3.59. The van der Waals surface area contributed by atoms with Gasteiger partial charge in [0.25, 0.3) is 0 Å². The second-order valence-corrected chi connectivity index (χ2v) is 3.90. The van der Waals surface area contributed by atoms with Gasteiger partial charge in [0.15, 0.2) is 17.3 Å². The van der Waals surface area contributed by atoms with Crippen LogP contribution in [0.3, 0.4) is 0 Å². The van der Waals surface area contributed by atoms with Crippen LogP contribution in [0.15, 0.2) is 18.3 Å². The van der Waals surface area contributed by atoms with Crippen LogP contribution in [0.5, 0.6) is 0 Å². The van der Waals surface area contributed by atoms with E-state index in [1.165, 1.54) is 0 Å². The van der Waals surface area contributed by atoms with Crippen molar-refractivity contribution in [3.63, 3.8) is 0 Å². The number of Topliss-reactive ketones (excluding diaryl/α,β-unsaturated/α-hetero) is 1. The van der Waals surface area contributed by atoms with Crippen molar-refractivity contribution in [2.75, 3.05) is 0 Å². The van der Waals surface area contributed by atoms with E-state index in [1.807, 2.05) is 19.9 Å². The van der Waals surface area contributed by atoms with Gasteiger partial charge in [-0.2, -0.15) is 5.10 Å². The second-order valence-electron chi connectivity index (χ2n) is 3.90. The molecule has 0 aliphatic rings. The van der Waals surface area contributed by atoms with Crippen molar-refractivity contribution in [1.29, 1.82) is 0 Å². The van der Waals surface area contributed by atoms with Crippen LogP contribution in [-0.4, -0.2) is 20.4 Å². The van der Waals surface area contributed by atoms with Crippen LogP contribution in [0.2, 0.25) is 0 Å². The number of rotatable bonds is 2. The SMILES string of the molecule is CC(=O)c1ccc2nc(C(C)C)nn2c1. The highest BCUT2D eigenvalue weighted by Gasteiger charge is 2.08. The summed E-state index contributed by atoms with van der Waals surface area (Å²) in [6.07, 6.45) is 1.72. The zero-order valence-electron chi connectivity index (χ0n) is 9.06.